The van der Waals surface area contributed by atoms with Crippen LogP contribution in [0.1, 0.15) is 30.4 Å². The summed E-state index contributed by atoms with van der Waals surface area (Å²) >= 11 is 0. The molecule has 0 bridgehead atoms. The van der Waals surface area contributed by atoms with Gasteiger partial charge in [0.15, 0.2) is 11.5 Å². The van der Waals surface area contributed by atoms with Gasteiger partial charge in [-0.1, -0.05) is 6.07 Å². The fourth-order valence-corrected chi connectivity index (χ4v) is 3.69. The lowest BCUT2D eigenvalue weighted by atomic mass is 9.79. The molecule has 4 rings (SSSR count). The Morgan fingerprint density at radius 2 is 2.20 bits per heavy atom. The quantitative estimate of drug-likeness (QED) is 0.871. The molecule has 1 fully saturated rings. The Hall–Kier alpha value is -2.05. The van der Waals surface area contributed by atoms with Crippen LogP contribution < -0.4 is 9.47 Å². The summed E-state index contributed by atoms with van der Waals surface area (Å²) in [5.74, 6) is 1.82. The molecule has 2 unspecified atom stereocenters. The maximum Gasteiger partial charge on any atom is 0.454 e. The van der Waals surface area contributed by atoms with E-state index in [0.717, 1.165) is 41.0 Å². The molecule has 6 heteroatoms. The molecule has 5 nitrogen and oxygen atoms in total. The summed E-state index contributed by atoms with van der Waals surface area (Å²) in [5.41, 5.74) is 4.48. The van der Waals surface area contributed by atoms with Crippen LogP contribution in [0.2, 0.25) is 6.32 Å². The number of methoxy groups -OCH3 is 1. The lowest BCUT2D eigenvalue weighted by Gasteiger charge is -2.27. The van der Waals surface area contributed by atoms with E-state index < -0.39 is 7.12 Å². The van der Waals surface area contributed by atoms with Gasteiger partial charge in [-0.05, 0) is 49.3 Å². The van der Waals surface area contributed by atoms with E-state index in [9.17, 15) is 5.02 Å². The zero-order valence-corrected chi connectivity index (χ0v) is 14.6. The summed E-state index contributed by atoms with van der Waals surface area (Å²) in [7, 11) is 1.00. The molecule has 1 aromatic heterocycles. The molecule has 2 aliphatic rings. The molecule has 1 saturated heterocycles. The fourth-order valence-electron chi connectivity index (χ4n) is 3.69. The molecule has 0 spiro atoms. The van der Waals surface area contributed by atoms with Crippen molar-refractivity contribution < 1.29 is 19.2 Å². The second-order valence-corrected chi connectivity index (χ2v) is 6.82. The van der Waals surface area contributed by atoms with Crippen LogP contribution in [0.15, 0.2) is 30.6 Å². The van der Waals surface area contributed by atoms with Crippen molar-refractivity contribution >= 4 is 7.12 Å². The Kier molecular flexibility index (Phi) is 4.40. The van der Waals surface area contributed by atoms with Crippen molar-refractivity contribution in [3.05, 3.63) is 41.7 Å². The second-order valence-electron chi connectivity index (χ2n) is 6.82. The lowest BCUT2D eigenvalue weighted by Crippen LogP contribution is -2.20. The summed E-state index contributed by atoms with van der Waals surface area (Å²) in [6, 6.07) is 6.19. The molecule has 2 aliphatic heterocycles. The summed E-state index contributed by atoms with van der Waals surface area (Å²) in [5, 5.41) is 9.61. The zero-order valence-electron chi connectivity index (χ0n) is 14.6. The van der Waals surface area contributed by atoms with Crippen molar-refractivity contribution in [1.29, 1.82) is 0 Å². The standard InChI is InChI=1S/C19H22BNO4/c1-12-3-4-17-16(5-6-18(23-2)19(17)25-12)14-7-13(9-21-10-14)15-8-20(22)24-11-15/h5-7,9-10,12,15,22H,3-4,8,11H2,1-2H3. The van der Waals surface area contributed by atoms with Crippen molar-refractivity contribution in [3.8, 4) is 22.6 Å². The van der Waals surface area contributed by atoms with Crippen molar-refractivity contribution in [2.75, 3.05) is 13.7 Å². The Morgan fingerprint density at radius 1 is 1.32 bits per heavy atom. The highest BCUT2D eigenvalue weighted by molar-refractivity contribution is 6.43. The van der Waals surface area contributed by atoms with E-state index in [1.165, 1.54) is 5.56 Å². The van der Waals surface area contributed by atoms with Gasteiger partial charge in [-0.25, -0.2) is 0 Å². The molecule has 25 heavy (non-hydrogen) atoms. The Bertz CT molecular complexity index is 782. The van der Waals surface area contributed by atoms with Crippen LogP contribution in [0.5, 0.6) is 11.5 Å². The van der Waals surface area contributed by atoms with E-state index in [4.69, 9.17) is 14.1 Å². The Morgan fingerprint density at radius 3 is 2.96 bits per heavy atom. The number of pyridine rings is 1. The van der Waals surface area contributed by atoms with Crippen LogP contribution in [0, 0.1) is 0 Å². The molecule has 0 saturated carbocycles. The minimum absolute atomic E-state index is 0.188. The smallest absolute Gasteiger partial charge is 0.454 e. The van der Waals surface area contributed by atoms with Gasteiger partial charge in [-0.3, -0.25) is 4.98 Å². The largest absolute Gasteiger partial charge is 0.493 e. The van der Waals surface area contributed by atoms with E-state index in [-0.39, 0.29) is 12.0 Å². The molecule has 3 heterocycles. The van der Waals surface area contributed by atoms with E-state index in [0.29, 0.717) is 12.9 Å². The SMILES string of the molecule is COc1ccc(-c2cncc(C3COB(O)C3)c2)c2c1OC(C)CC2. The second kappa shape index (κ2) is 6.69. The van der Waals surface area contributed by atoms with Crippen LogP contribution in [0.4, 0.5) is 0 Å². The maximum atomic E-state index is 9.61. The highest BCUT2D eigenvalue weighted by Gasteiger charge is 2.30. The number of hydrogen-bond donors (Lipinski definition) is 1. The van der Waals surface area contributed by atoms with Gasteiger partial charge in [-0.15, -0.1) is 0 Å². The van der Waals surface area contributed by atoms with E-state index in [1.54, 1.807) is 7.11 Å². The van der Waals surface area contributed by atoms with Crippen LogP contribution in [-0.4, -0.2) is 36.9 Å². The van der Waals surface area contributed by atoms with Gasteiger partial charge in [0.05, 0.1) is 13.2 Å². The van der Waals surface area contributed by atoms with Crippen LogP contribution in [0.25, 0.3) is 11.1 Å². The van der Waals surface area contributed by atoms with Gasteiger partial charge in [0, 0.05) is 36.0 Å². The van der Waals surface area contributed by atoms with Gasteiger partial charge in [0.1, 0.15) is 0 Å². The van der Waals surface area contributed by atoms with Crippen molar-refractivity contribution in [3.63, 3.8) is 0 Å². The molecule has 0 radical (unpaired) electrons. The average Bonchev–Trinajstić information content (AvgIpc) is 3.07. The summed E-state index contributed by atoms with van der Waals surface area (Å²) < 4.78 is 16.8. The van der Waals surface area contributed by atoms with Crippen molar-refractivity contribution in [2.24, 2.45) is 0 Å². The van der Waals surface area contributed by atoms with E-state index in [1.807, 2.05) is 18.5 Å². The predicted octanol–water partition coefficient (Wildman–Crippen LogP) is 3.07. The first-order valence-corrected chi connectivity index (χ1v) is 8.77. The number of fused-ring (bicyclic) bond motifs is 1. The predicted molar refractivity (Wildman–Crippen MR) is 96.1 cm³/mol. The molecular weight excluding hydrogens is 317 g/mol. The Balaban J connectivity index is 1.74. The number of aromatic nitrogens is 1. The highest BCUT2D eigenvalue weighted by Crippen LogP contribution is 2.42. The van der Waals surface area contributed by atoms with Crippen LogP contribution in [-0.2, 0) is 11.1 Å². The maximum absolute atomic E-state index is 9.61. The first-order valence-electron chi connectivity index (χ1n) is 8.77. The number of ether oxygens (including phenoxy) is 2. The zero-order chi connectivity index (χ0) is 17.4. The minimum atomic E-state index is -0.669. The topological polar surface area (TPSA) is 60.8 Å². The monoisotopic (exact) mass is 339 g/mol. The summed E-state index contributed by atoms with van der Waals surface area (Å²) in [6.07, 6.45) is 6.51. The molecule has 2 atom stereocenters. The highest BCUT2D eigenvalue weighted by atomic mass is 16.5. The minimum Gasteiger partial charge on any atom is -0.493 e. The molecule has 1 N–H and O–H groups in total. The molecule has 130 valence electrons. The normalized spacial score (nSPS) is 22.4. The van der Waals surface area contributed by atoms with Crippen LogP contribution >= 0.6 is 0 Å². The van der Waals surface area contributed by atoms with Gasteiger partial charge < -0.3 is 19.2 Å². The summed E-state index contributed by atoms with van der Waals surface area (Å²) in [6.45, 7) is 2.62. The van der Waals surface area contributed by atoms with Gasteiger partial charge in [-0.2, -0.15) is 0 Å². The summed E-state index contributed by atoms with van der Waals surface area (Å²) in [4.78, 5) is 4.43. The third kappa shape index (κ3) is 3.12. The van der Waals surface area contributed by atoms with Crippen LogP contribution in [0.3, 0.4) is 0 Å². The molecule has 0 aliphatic carbocycles. The lowest BCUT2D eigenvalue weighted by molar-refractivity contribution is 0.184. The molecule has 0 amide bonds. The number of rotatable bonds is 3. The number of nitrogens with zero attached hydrogens (tertiary/aromatic N) is 1. The average molecular weight is 339 g/mol. The van der Waals surface area contributed by atoms with Crippen molar-refractivity contribution in [2.45, 2.75) is 38.1 Å². The van der Waals surface area contributed by atoms with Gasteiger partial charge >= 0.3 is 7.12 Å². The third-order valence-corrected chi connectivity index (χ3v) is 5.08. The van der Waals surface area contributed by atoms with Crippen molar-refractivity contribution in [1.82, 2.24) is 4.98 Å². The molecule has 1 aromatic carbocycles. The van der Waals surface area contributed by atoms with E-state index in [2.05, 4.69) is 24.0 Å². The van der Waals surface area contributed by atoms with Gasteiger partial charge in [0.2, 0.25) is 0 Å². The fraction of sp³-hybridized carbons (Fsp3) is 0.421. The first kappa shape index (κ1) is 16.4. The Labute approximate surface area is 148 Å². The third-order valence-electron chi connectivity index (χ3n) is 5.08. The first-order chi connectivity index (χ1) is 12.2. The number of hydrogen-bond acceptors (Lipinski definition) is 5. The number of benzene rings is 1. The van der Waals surface area contributed by atoms with Gasteiger partial charge in [0.25, 0.3) is 0 Å². The molecular formula is C19H22BNO4. The van der Waals surface area contributed by atoms with E-state index >= 15 is 0 Å². The molecule has 2 aromatic rings.